The summed E-state index contributed by atoms with van der Waals surface area (Å²) >= 11 is 0. The van der Waals surface area contributed by atoms with Gasteiger partial charge in [-0.2, -0.15) is 0 Å². The van der Waals surface area contributed by atoms with Crippen molar-refractivity contribution in [2.45, 2.75) is 64.2 Å². The van der Waals surface area contributed by atoms with Crippen molar-refractivity contribution in [1.29, 1.82) is 0 Å². The van der Waals surface area contributed by atoms with Crippen molar-refractivity contribution in [3.8, 4) is 5.75 Å². The predicted molar refractivity (Wildman–Crippen MR) is 127 cm³/mol. The van der Waals surface area contributed by atoms with E-state index in [1.807, 2.05) is 26.0 Å². The summed E-state index contributed by atoms with van der Waals surface area (Å²) in [5, 5.41) is 4.59. The standard InChI is InChI=1S/C25H33N5O3/c1-5-16-13-30(19-10-17(11-26)21-22(19)33-25(2,3)32-21)24-20(16)23(28-14-29-24)27-12-15-6-8-18(31-4)9-7-15/h6-9,13-14,17,19,21-22H,5,10-12,26H2,1-4H3,(H,27,28,29)/t17-,19-,21+,22-/m1/s1. The van der Waals surface area contributed by atoms with Gasteiger partial charge >= 0.3 is 0 Å². The molecular formula is C25H33N5O3. The van der Waals surface area contributed by atoms with Crippen LogP contribution < -0.4 is 15.8 Å². The quantitative estimate of drug-likeness (QED) is 0.566. The molecule has 1 aromatic carbocycles. The third-order valence-corrected chi connectivity index (χ3v) is 6.90. The number of aryl methyl sites for hydroxylation is 1. The van der Waals surface area contributed by atoms with Crippen molar-refractivity contribution >= 4 is 16.9 Å². The van der Waals surface area contributed by atoms with Crippen LogP contribution in [0.3, 0.4) is 0 Å². The van der Waals surface area contributed by atoms with E-state index in [9.17, 15) is 0 Å². The number of rotatable bonds is 7. The molecule has 3 heterocycles. The topological polar surface area (TPSA) is 96.5 Å². The number of methoxy groups -OCH3 is 1. The lowest BCUT2D eigenvalue weighted by molar-refractivity contribution is -0.159. The Bertz CT molecular complexity index is 1130. The smallest absolute Gasteiger partial charge is 0.163 e. The van der Waals surface area contributed by atoms with Gasteiger partial charge in [0.05, 0.1) is 24.6 Å². The van der Waals surface area contributed by atoms with Crippen LogP contribution in [-0.2, 0) is 22.4 Å². The van der Waals surface area contributed by atoms with Crippen LogP contribution in [-0.4, -0.2) is 46.2 Å². The number of anilines is 1. The molecule has 2 fully saturated rings. The molecule has 0 radical (unpaired) electrons. The van der Waals surface area contributed by atoms with E-state index in [0.717, 1.165) is 41.0 Å². The van der Waals surface area contributed by atoms with Crippen molar-refractivity contribution in [3.63, 3.8) is 0 Å². The van der Waals surface area contributed by atoms with Gasteiger partial charge in [0.1, 0.15) is 29.6 Å². The third kappa shape index (κ3) is 3.96. The van der Waals surface area contributed by atoms with E-state index in [2.05, 4.69) is 40.1 Å². The van der Waals surface area contributed by atoms with E-state index >= 15 is 0 Å². The van der Waals surface area contributed by atoms with E-state index in [0.29, 0.717) is 13.1 Å². The zero-order chi connectivity index (χ0) is 23.2. The van der Waals surface area contributed by atoms with Crippen LogP contribution in [0.25, 0.3) is 11.0 Å². The maximum Gasteiger partial charge on any atom is 0.163 e. The summed E-state index contributed by atoms with van der Waals surface area (Å²) < 4.78 is 20.1. The summed E-state index contributed by atoms with van der Waals surface area (Å²) in [6, 6.07) is 8.17. The van der Waals surface area contributed by atoms with Crippen LogP contribution in [0.15, 0.2) is 36.8 Å². The lowest BCUT2D eigenvalue weighted by Crippen LogP contribution is -2.29. The Morgan fingerprint density at radius 1 is 1.18 bits per heavy atom. The predicted octanol–water partition coefficient (Wildman–Crippen LogP) is 3.65. The Balaban J connectivity index is 1.47. The van der Waals surface area contributed by atoms with Crippen LogP contribution in [0, 0.1) is 5.92 Å². The largest absolute Gasteiger partial charge is 0.497 e. The lowest BCUT2D eigenvalue weighted by Gasteiger charge is -2.24. The Hall–Kier alpha value is -2.68. The van der Waals surface area contributed by atoms with Crippen LogP contribution in [0.5, 0.6) is 5.75 Å². The monoisotopic (exact) mass is 451 g/mol. The molecule has 1 aliphatic carbocycles. The SMILES string of the molecule is CCc1cn([C@@H]2C[C@H](CN)[C@@H]3OC(C)(C)O[C@@H]32)c2ncnc(NCc3ccc(OC)cc3)c12. The van der Waals surface area contributed by atoms with E-state index in [-0.39, 0.29) is 24.2 Å². The summed E-state index contributed by atoms with van der Waals surface area (Å²) in [5.74, 6) is 1.36. The fourth-order valence-corrected chi connectivity index (χ4v) is 5.31. The fraction of sp³-hybridized carbons (Fsp3) is 0.520. The highest BCUT2D eigenvalue weighted by Gasteiger charge is 2.54. The minimum atomic E-state index is -0.599. The molecule has 8 heteroatoms. The number of nitrogens with two attached hydrogens (primary N) is 1. The highest BCUT2D eigenvalue weighted by atomic mass is 16.8. The summed E-state index contributed by atoms with van der Waals surface area (Å²) in [5.41, 5.74) is 9.41. The first kappa shape index (κ1) is 22.1. The number of nitrogens with one attached hydrogen (secondary N) is 1. The van der Waals surface area contributed by atoms with Gasteiger partial charge < -0.3 is 29.8 Å². The molecule has 8 nitrogen and oxygen atoms in total. The molecular weight excluding hydrogens is 418 g/mol. The summed E-state index contributed by atoms with van der Waals surface area (Å²) in [6.07, 6.45) is 5.61. The van der Waals surface area contributed by atoms with Gasteiger partial charge in [0, 0.05) is 18.7 Å². The Kier molecular flexibility index (Phi) is 5.76. The molecule has 1 saturated carbocycles. The molecule has 2 aliphatic rings. The van der Waals surface area contributed by atoms with Crippen molar-refractivity contribution in [1.82, 2.24) is 14.5 Å². The second-order valence-electron chi connectivity index (χ2n) is 9.40. The molecule has 5 rings (SSSR count). The number of ether oxygens (including phenoxy) is 3. The van der Waals surface area contributed by atoms with Crippen molar-refractivity contribution in [2.24, 2.45) is 11.7 Å². The second-order valence-corrected chi connectivity index (χ2v) is 9.40. The van der Waals surface area contributed by atoms with Gasteiger partial charge in [0.15, 0.2) is 5.79 Å². The van der Waals surface area contributed by atoms with Gasteiger partial charge in [-0.3, -0.25) is 0 Å². The first-order valence-electron chi connectivity index (χ1n) is 11.7. The normalized spacial score (nSPS) is 26.0. The van der Waals surface area contributed by atoms with Crippen LogP contribution in [0.2, 0.25) is 0 Å². The highest BCUT2D eigenvalue weighted by molar-refractivity contribution is 5.91. The molecule has 33 heavy (non-hydrogen) atoms. The number of nitrogens with zero attached hydrogens (tertiary/aromatic N) is 3. The Labute approximate surface area is 194 Å². The maximum atomic E-state index is 6.35. The van der Waals surface area contributed by atoms with E-state index < -0.39 is 5.79 Å². The summed E-state index contributed by atoms with van der Waals surface area (Å²) in [4.78, 5) is 9.29. The van der Waals surface area contributed by atoms with Gasteiger partial charge in [-0.15, -0.1) is 0 Å². The van der Waals surface area contributed by atoms with Crippen molar-refractivity contribution in [3.05, 3.63) is 47.9 Å². The zero-order valence-corrected chi connectivity index (χ0v) is 19.7. The molecule has 0 unspecified atom stereocenters. The van der Waals surface area contributed by atoms with E-state index in [1.54, 1.807) is 13.4 Å². The van der Waals surface area contributed by atoms with E-state index in [1.165, 1.54) is 5.56 Å². The van der Waals surface area contributed by atoms with Gasteiger partial charge in [0.25, 0.3) is 0 Å². The molecule has 176 valence electrons. The minimum absolute atomic E-state index is 0.00651. The van der Waals surface area contributed by atoms with Crippen LogP contribution in [0.4, 0.5) is 5.82 Å². The number of fused-ring (bicyclic) bond motifs is 2. The van der Waals surface area contributed by atoms with Crippen molar-refractivity contribution in [2.75, 3.05) is 19.0 Å². The van der Waals surface area contributed by atoms with Gasteiger partial charge in [0.2, 0.25) is 0 Å². The number of hydrogen-bond acceptors (Lipinski definition) is 7. The molecule has 0 bridgehead atoms. The first-order chi connectivity index (χ1) is 15.9. The highest BCUT2D eigenvalue weighted by Crippen LogP contribution is 2.47. The van der Waals surface area contributed by atoms with Crippen LogP contribution in [0.1, 0.15) is 44.4 Å². The Morgan fingerprint density at radius 2 is 1.94 bits per heavy atom. The third-order valence-electron chi connectivity index (χ3n) is 6.90. The fourth-order valence-electron chi connectivity index (χ4n) is 5.31. The lowest BCUT2D eigenvalue weighted by atomic mass is 10.1. The van der Waals surface area contributed by atoms with Crippen molar-refractivity contribution < 1.29 is 14.2 Å². The Morgan fingerprint density at radius 3 is 2.64 bits per heavy atom. The zero-order valence-electron chi connectivity index (χ0n) is 19.7. The first-order valence-corrected chi connectivity index (χ1v) is 11.7. The number of aromatic nitrogens is 3. The van der Waals surface area contributed by atoms with E-state index in [4.69, 9.17) is 24.9 Å². The average molecular weight is 452 g/mol. The molecule has 0 spiro atoms. The number of benzene rings is 1. The molecule has 0 amide bonds. The molecule has 4 atom stereocenters. The number of hydrogen-bond donors (Lipinski definition) is 2. The van der Waals surface area contributed by atoms with Crippen LogP contribution >= 0.6 is 0 Å². The molecule has 1 aliphatic heterocycles. The molecule has 3 aromatic rings. The molecule has 1 saturated heterocycles. The summed E-state index contributed by atoms with van der Waals surface area (Å²) in [6.45, 7) is 7.37. The second kappa shape index (κ2) is 8.59. The minimum Gasteiger partial charge on any atom is -0.497 e. The average Bonchev–Trinajstić information content (AvgIpc) is 3.46. The van der Waals surface area contributed by atoms with Gasteiger partial charge in [-0.25, -0.2) is 9.97 Å². The summed E-state index contributed by atoms with van der Waals surface area (Å²) in [7, 11) is 1.67. The van der Waals surface area contributed by atoms with Gasteiger partial charge in [-0.1, -0.05) is 19.1 Å². The molecule has 3 N–H and O–H groups in total. The molecule has 2 aromatic heterocycles. The van der Waals surface area contributed by atoms with Gasteiger partial charge in [-0.05, 0) is 56.5 Å². The maximum absolute atomic E-state index is 6.35.